The SMILES string of the molecule is Cc1cc(OCc2ccc(F)cc2)ccc1S. The van der Waals surface area contributed by atoms with Gasteiger partial charge in [0.25, 0.3) is 0 Å². The standard InChI is InChI=1S/C14H13FOS/c1-10-8-13(6-7-14(10)17)16-9-11-2-4-12(15)5-3-11/h2-8,17H,9H2,1H3. The van der Waals surface area contributed by atoms with E-state index in [4.69, 9.17) is 4.74 Å². The normalized spacial score (nSPS) is 10.3. The van der Waals surface area contributed by atoms with E-state index in [1.54, 1.807) is 12.1 Å². The van der Waals surface area contributed by atoms with Crippen LogP contribution >= 0.6 is 12.6 Å². The van der Waals surface area contributed by atoms with Crippen molar-refractivity contribution < 1.29 is 9.13 Å². The molecule has 3 heteroatoms. The van der Waals surface area contributed by atoms with Gasteiger partial charge in [0.1, 0.15) is 18.2 Å². The molecule has 0 aliphatic rings. The summed E-state index contributed by atoms with van der Waals surface area (Å²) < 4.78 is 18.3. The smallest absolute Gasteiger partial charge is 0.123 e. The fraction of sp³-hybridized carbons (Fsp3) is 0.143. The zero-order valence-electron chi connectivity index (χ0n) is 9.48. The highest BCUT2D eigenvalue weighted by Crippen LogP contribution is 2.20. The van der Waals surface area contributed by atoms with Crippen molar-refractivity contribution in [1.82, 2.24) is 0 Å². The fourth-order valence-corrected chi connectivity index (χ4v) is 1.60. The highest BCUT2D eigenvalue weighted by Gasteiger charge is 1.99. The number of hydrogen-bond acceptors (Lipinski definition) is 2. The van der Waals surface area contributed by atoms with Crippen LogP contribution in [0.4, 0.5) is 4.39 Å². The second-order valence-electron chi connectivity index (χ2n) is 3.86. The molecule has 0 aliphatic heterocycles. The zero-order valence-corrected chi connectivity index (χ0v) is 10.4. The predicted molar refractivity (Wildman–Crippen MR) is 69.2 cm³/mol. The van der Waals surface area contributed by atoms with E-state index in [0.29, 0.717) is 6.61 Å². The Morgan fingerprint density at radius 2 is 1.82 bits per heavy atom. The van der Waals surface area contributed by atoms with Crippen LogP contribution in [-0.4, -0.2) is 0 Å². The molecule has 0 spiro atoms. The minimum absolute atomic E-state index is 0.232. The molecule has 0 N–H and O–H groups in total. The third-order valence-electron chi connectivity index (χ3n) is 2.49. The minimum Gasteiger partial charge on any atom is -0.489 e. The number of benzene rings is 2. The number of ether oxygens (including phenoxy) is 1. The van der Waals surface area contributed by atoms with E-state index in [1.165, 1.54) is 12.1 Å². The molecule has 2 aromatic carbocycles. The van der Waals surface area contributed by atoms with Crippen LogP contribution in [0.15, 0.2) is 47.4 Å². The summed E-state index contributed by atoms with van der Waals surface area (Å²) in [5, 5.41) is 0. The summed E-state index contributed by atoms with van der Waals surface area (Å²) in [5.41, 5.74) is 2.02. The Hall–Kier alpha value is -1.48. The summed E-state index contributed by atoms with van der Waals surface area (Å²) in [6, 6.07) is 12.0. The van der Waals surface area contributed by atoms with Crippen LogP contribution in [-0.2, 0) is 6.61 Å². The van der Waals surface area contributed by atoms with Gasteiger partial charge in [-0.1, -0.05) is 12.1 Å². The molecule has 0 saturated carbocycles. The Morgan fingerprint density at radius 3 is 2.47 bits per heavy atom. The second kappa shape index (κ2) is 5.23. The van der Waals surface area contributed by atoms with E-state index in [0.717, 1.165) is 21.8 Å². The van der Waals surface area contributed by atoms with E-state index in [1.807, 2.05) is 25.1 Å². The molecule has 0 heterocycles. The lowest BCUT2D eigenvalue weighted by atomic mass is 10.2. The van der Waals surface area contributed by atoms with Crippen molar-refractivity contribution in [1.29, 1.82) is 0 Å². The van der Waals surface area contributed by atoms with Crippen molar-refractivity contribution in [2.45, 2.75) is 18.4 Å². The average Bonchev–Trinajstić information content (AvgIpc) is 2.33. The van der Waals surface area contributed by atoms with Crippen LogP contribution in [0, 0.1) is 12.7 Å². The van der Waals surface area contributed by atoms with Crippen LogP contribution < -0.4 is 4.74 Å². The van der Waals surface area contributed by atoms with E-state index in [2.05, 4.69) is 12.6 Å². The molecule has 0 saturated heterocycles. The molecule has 0 amide bonds. The zero-order chi connectivity index (χ0) is 12.3. The topological polar surface area (TPSA) is 9.23 Å². The molecule has 0 atom stereocenters. The van der Waals surface area contributed by atoms with Crippen LogP contribution in [0.3, 0.4) is 0 Å². The quantitative estimate of drug-likeness (QED) is 0.808. The molecule has 0 radical (unpaired) electrons. The number of halogens is 1. The molecule has 2 aromatic rings. The largest absolute Gasteiger partial charge is 0.489 e. The van der Waals surface area contributed by atoms with E-state index in [9.17, 15) is 4.39 Å². The first-order chi connectivity index (χ1) is 8.15. The number of thiol groups is 1. The Labute approximate surface area is 106 Å². The first-order valence-electron chi connectivity index (χ1n) is 5.32. The van der Waals surface area contributed by atoms with Crippen molar-refractivity contribution in [3.8, 4) is 5.75 Å². The number of aryl methyl sites for hydroxylation is 1. The van der Waals surface area contributed by atoms with Gasteiger partial charge in [-0.15, -0.1) is 12.6 Å². The molecule has 0 bridgehead atoms. The van der Waals surface area contributed by atoms with Gasteiger partial charge in [-0.3, -0.25) is 0 Å². The predicted octanol–water partition coefficient (Wildman–Crippen LogP) is 4.00. The lowest BCUT2D eigenvalue weighted by Crippen LogP contribution is -1.95. The van der Waals surface area contributed by atoms with Gasteiger partial charge in [0.15, 0.2) is 0 Å². The fourth-order valence-electron chi connectivity index (χ4n) is 1.47. The summed E-state index contributed by atoms with van der Waals surface area (Å²) in [7, 11) is 0. The van der Waals surface area contributed by atoms with Gasteiger partial charge >= 0.3 is 0 Å². The van der Waals surface area contributed by atoms with Gasteiger partial charge in [0.05, 0.1) is 0 Å². The van der Waals surface area contributed by atoms with E-state index < -0.39 is 0 Å². The first kappa shape index (κ1) is 12.0. The molecule has 0 fully saturated rings. The minimum atomic E-state index is -0.232. The first-order valence-corrected chi connectivity index (χ1v) is 5.77. The van der Waals surface area contributed by atoms with E-state index >= 15 is 0 Å². The van der Waals surface area contributed by atoms with E-state index in [-0.39, 0.29) is 5.82 Å². The lowest BCUT2D eigenvalue weighted by molar-refractivity contribution is 0.305. The molecule has 1 nitrogen and oxygen atoms in total. The summed E-state index contributed by atoms with van der Waals surface area (Å²) in [6.07, 6.45) is 0. The van der Waals surface area contributed by atoms with Crippen molar-refractivity contribution in [3.63, 3.8) is 0 Å². The summed E-state index contributed by atoms with van der Waals surface area (Å²) >= 11 is 4.30. The molecular formula is C14H13FOS. The summed E-state index contributed by atoms with van der Waals surface area (Å²) in [6.45, 7) is 2.42. The Balaban J connectivity index is 2.02. The van der Waals surface area contributed by atoms with Gasteiger partial charge in [-0.25, -0.2) is 4.39 Å². The maximum atomic E-state index is 12.7. The highest BCUT2D eigenvalue weighted by molar-refractivity contribution is 7.80. The summed E-state index contributed by atoms with van der Waals surface area (Å²) in [4.78, 5) is 0.944. The third-order valence-corrected chi connectivity index (χ3v) is 2.99. The number of rotatable bonds is 3. The van der Waals surface area contributed by atoms with Crippen LogP contribution in [0.1, 0.15) is 11.1 Å². The van der Waals surface area contributed by atoms with Crippen molar-refractivity contribution >= 4 is 12.6 Å². The van der Waals surface area contributed by atoms with Gasteiger partial charge < -0.3 is 4.74 Å². The molecule has 0 unspecified atom stereocenters. The second-order valence-corrected chi connectivity index (χ2v) is 4.35. The Morgan fingerprint density at radius 1 is 1.12 bits per heavy atom. The third kappa shape index (κ3) is 3.24. The monoisotopic (exact) mass is 248 g/mol. The lowest BCUT2D eigenvalue weighted by Gasteiger charge is -2.08. The Kier molecular flexibility index (Phi) is 3.69. The average molecular weight is 248 g/mol. The molecule has 0 aliphatic carbocycles. The maximum Gasteiger partial charge on any atom is 0.123 e. The number of hydrogen-bond donors (Lipinski definition) is 1. The molecule has 0 aromatic heterocycles. The van der Waals surface area contributed by atoms with Gasteiger partial charge in [-0.2, -0.15) is 0 Å². The van der Waals surface area contributed by atoms with Crippen molar-refractivity contribution in [3.05, 3.63) is 59.4 Å². The molecule has 2 rings (SSSR count). The molecule has 17 heavy (non-hydrogen) atoms. The van der Waals surface area contributed by atoms with Crippen LogP contribution in [0.2, 0.25) is 0 Å². The summed E-state index contributed by atoms with van der Waals surface area (Å²) in [5.74, 6) is 0.564. The van der Waals surface area contributed by atoms with Crippen LogP contribution in [0.25, 0.3) is 0 Å². The van der Waals surface area contributed by atoms with Crippen molar-refractivity contribution in [2.24, 2.45) is 0 Å². The molecular weight excluding hydrogens is 235 g/mol. The van der Waals surface area contributed by atoms with Gasteiger partial charge in [0, 0.05) is 4.90 Å². The van der Waals surface area contributed by atoms with Crippen LogP contribution in [0.5, 0.6) is 5.75 Å². The van der Waals surface area contributed by atoms with Gasteiger partial charge in [-0.05, 0) is 48.4 Å². The molecule has 88 valence electrons. The van der Waals surface area contributed by atoms with Gasteiger partial charge in [0.2, 0.25) is 0 Å². The highest BCUT2D eigenvalue weighted by atomic mass is 32.1. The maximum absolute atomic E-state index is 12.7. The Bertz CT molecular complexity index is 508. The van der Waals surface area contributed by atoms with Crippen molar-refractivity contribution in [2.75, 3.05) is 0 Å².